The number of rotatable bonds is 6. The number of carbonyl (C=O) groups is 3. The Morgan fingerprint density at radius 3 is 2.05 bits per heavy atom. The summed E-state index contributed by atoms with van der Waals surface area (Å²) in [5.74, 6) is -3.06. The summed E-state index contributed by atoms with van der Waals surface area (Å²) in [6.45, 7) is 0. The summed E-state index contributed by atoms with van der Waals surface area (Å²) in [5, 5.41) is 2.90. The van der Waals surface area contributed by atoms with E-state index in [0.717, 1.165) is 11.1 Å². The van der Waals surface area contributed by atoms with Crippen molar-refractivity contribution in [1.29, 1.82) is 0 Å². The Morgan fingerprint density at radius 1 is 0.897 bits per heavy atom. The summed E-state index contributed by atoms with van der Waals surface area (Å²) in [7, 11) is 0. The second kappa shape index (κ2) is 10.9. The number of hydrogen-bond acceptors (Lipinski definition) is 4. The molecule has 0 radical (unpaired) electrons. The molecule has 8 heteroatoms. The van der Waals surface area contributed by atoms with Crippen LogP contribution in [0.15, 0.2) is 96.2 Å². The maximum absolute atomic E-state index is 13.7. The van der Waals surface area contributed by atoms with Crippen LogP contribution in [-0.4, -0.2) is 23.8 Å². The number of esters is 1. The quantitative estimate of drug-likeness (QED) is 0.243. The molecule has 1 amide bonds. The van der Waals surface area contributed by atoms with Crippen LogP contribution in [0.5, 0.6) is 5.75 Å². The van der Waals surface area contributed by atoms with E-state index in [1.165, 1.54) is 24.3 Å². The molecular formula is C31H26F3NO4. The molecule has 3 aromatic rings. The van der Waals surface area contributed by atoms with E-state index in [1.54, 1.807) is 0 Å². The molecule has 3 aromatic carbocycles. The van der Waals surface area contributed by atoms with Crippen LogP contribution in [0.25, 0.3) is 0 Å². The highest BCUT2D eigenvalue weighted by Crippen LogP contribution is 2.40. The van der Waals surface area contributed by atoms with Crippen LogP contribution >= 0.6 is 0 Å². The third kappa shape index (κ3) is 5.95. The van der Waals surface area contributed by atoms with Gasteiger partial charge in [0.25, 0.3) is 0 Å². The second-order valence-electron chi connectivity index (χ2n) is 9.88. The van der Waals surface area contributed by atoms with Crippen LogP contribution in [0.4, 0.5) is 13.2 Å². The zero-order valence-electron chi connectivity index (χ0n) is 20.9. The summed E-state index contributed by atoms with van der Waals surface area (Å²) in [5.41, 5.74) is 2.75. The Morgan fingerprint density at radius 2 is 1.49 bits per heavy atom. The Hall–Kier alpha value is -4.20. The van der Waals surface area contributed by atoms with Gasteiger partial charge in [-0.1, -0.05) is 72.8 Å². The van der Waals surface area contributed by atoms with Gasteiger partial charge in [-0.25, -0.2) is 0 Å². The maximum atomic E-state index is 13.7. The predicted octanol–water partition coefficient (Wildman–Crippen LogP) is 5.90. The molecule has 2 aliphatic rings. The topological polar surface area (TPSA) is 72.5 Å². The molecule has 0 saturated heterocycles. The van der Waals surface area contributed by atoms with Crippen LogP contribution in [0.2, 0.25) is 0 Å². The average Bonchev–Trinajstić information content (AvgIpc) is 2.92. The highest BCUT2D eigenvalue weighted by Gasteiger charge is 2.44. The first-order chi connectivity index (χ1) is 18.7. The highest BCUT2D eigenvalue weighted by molar-refractivity contribution is 6.14. The molecule has 5 rings (SSSR count). The minimum absolute atomic E-state index is 0.0667. The van der Waals surface area contributed by atoms with Crippen LogP contribution in [-0.2, 0) is 20.8 Å². The molecule has 0 aromatic heterocycles. The van der Waals surface area contributed by atoms with E-state index >= 15 is 0 Å². The number of hydrogen-bond donors (Lipinski definition) is 1. The lowest BCUT2D eigenvalue weighted by Gasteiger charge is -2.35. The number of nitrogens with one attached hydrogen (secondary N) is 1. The standard InChI is InChI=1S/C31H26F3NO4/c32-31(33,34)18-19-11-14-23(15-12-19)39-30(38)22-13-16-24-25(17-22)35-29(37)27(28(24)36)26(20-7-3-1-4-8-20)21-9-5-2-6-10-21/h1-12,14-15,22,26-27H,13,16-18H2,(H,35,37). The highest BCUT2D eigenvalue weighted by atomic mass is 19.4. The normalized spacial score (nSPS) is 19.5. The molecule has 2 atom stereocenters. The number of alkyl halides is 3. The summed E-state index contributed by atoms with van der Waals surface area (Å²) in [6.07, 6.45) is -4.57. The van der Waals surface area contributed by atoms with Gasteiger partial charge in [0.1, 0.15) is 11.7 Å². The van der Waals surface area contributed by atoms with Gasteiger partial charge in [-0.15, -0.1) is 0 Å². The van der Waals surface area contributed by atoms with E-state index in [4.69, 9.17) is 4.74 Å². The van der Waals surface area contributed by atoms with Crippen LogP contribution in [0, 0.1) is 11.8 Å². The van der Waals surface area contributed by atoms with E-state index in [1.807, 2.05) is 60.7 Å². The van der Waals surface area contributed by atoms with Crippen LogP contribution < -0.4 is 10.1 Å². The van der Waals surface area contributed by atoms with Crippen molar-refractivity contribution in [1.82, 2.24) is 5.32 Å². The molecule has 0 saturated carbocycles. The summed E-state index contributed by atoms with van der Waals surface area (Å²) < 4.78 is 43.2. The van der Waals surface area contributed by atoms with Crippen LogP contribution in [0.3, 0.4) is 0 Å². The number of Topliss-reactive ketones (excluding diaryl/α,β-unsaturated/α-hetero) is 1. The zero-order chi connectivity index (χ0) is 27.6. The minimum Gasteiger partial charge on any atom is -0.426 e. The predicted molar refractivity (Wildman–Crippen MR) is 138 cm³/mol. The Labute approximate surface area is 223 Å². The van der Waals surface area contributed by atoms with Gasteiger partial charge in [-0.05, 0) is 41.7 Å². The molecule has 39 heavy (non-hydrogen) atoms. The molecule has 0 bridgehead atoms. The number of benzene rings is 3. The fourth-order valence-corrected chi connectivity index (χ4v) is 5.38. The summed E-state index contributed by atoms with van der Waals surface area (Å²) in [4.78, 5) is 40.0. The second-order valence-corrected chi connectivity index (χ2v) is 9.88. The van der Waals surface area contributed by atoms with Crippen molar-refractivity contribution in [2.45, 2.75) is 37.8 Å². The number of ketones is 1. The first kappa shape index (κ1) is 26.4. The average molecular weight is 534 g/mol. The van der Waals surface area contributed by atoms with Crippen molar-refractivity contribution < 1.29 is 32.3 Å². The van der Waals surface area contributed by atoms with Gasteiger partial charge in [-0.3, -0.25) is 14.4 Å². The largest absolute Gasteiger partial charge is 0.426 e. The van der Waals surface area contributed by atoms with Crippen molar-refractivity contribution in [3.8, 4) is 5.75 Å². The van der Waals surface area contributed by atoms with Gasteiger partial charge in [-0.2, -0.15) is 13.2 Å². The lowest BCUT2D eigenvalue weighted by Crippen LogP contribution is -2.47. The Balaban J connectivity index is 1.32. The molecule has 1 aliphatic heterocycles. The van der Waals surface area contributed by atoms with Gasteiger partial charge in [0.2, 0.25) is 5.91 Å². The molecule has 1 N–H and O–H groups in total. The third-order valence-corrected chi connectivity index (χ3v) is 7.22. The molecule has 200 valence electrons. The molecule has 2 unspecified atom stereocenters. The maximum Gasteiger partial charge on any atom is 0.393 e. The third-order valence-electron chi connectivity index (χ3n) is 7.22. The number of amides is 1. The number of carbonyl (C=O) groups excluding carboxylic acids is 3. The van der Waals surface area contributed by atoms with Gasteiger partial charge in [0.05, 0.1) is 12.3 Å². The summed E-state index contributed by atoms with van der Waals surface area (Å²) in [6, 6.07) is 24.1. The van der Waals surface area contributed by atoms with Crippen molar-refractivity contribution in [2.75, 3.05) is 0 Å². The van der Waals surface area contributed by atoms with Crippen LogP contribution in [0.1, 0.15) is 41.9 Å². The first-order valence-corrected chi connectivity index (χ1v) is 12.7. The van der Waals surface area contributed by atoms with E-state index in [-0.39, 0.29) is 23.5 Å². The molecule has 5 nitrogen and oxygen atoms in total. The monoisotopic (exact) mass is 533 g/mol. The fourth-order valence-electron chi connectivity index (χ4n) is 5.38. The zero-order valence-corrected chi connectivity index (χ0v) is 20.9. The van der Waals surface area contributed by atoms with Gasteiger partial charge >= 0.3 is 12.1 Å². The van der Waals surface area contributed by atoms with E-state index in [9.17, 15) is 27.6 Å². The lowest BCUT2D eigenvalue weighted by atomic mass is 9.72. The molecular weight excluding hydrogens is 507 g/mol. The Bertz CT molecular complexity index is 1360. The number of halogens is 3. The number of allylic oxidation sites excluding steroid dienone is 2. The smallest absolute Gasteiger partial charge is 0.393 e. The van der Waals surface area contributed by atoms with Crippen molar-refractivity contribution >= 4 is 17.7 Å². The van der Waals surface area contributed by atoms with Gasteiger partial charge < -0.3 is 10.1 Å². The van der Waals surface area contributed by atoms with E-state index in [0.29, 0.717) is 24.1 Å². The van der Waals surface area contributed by atoms with E-state index in [2.05, 4.69) is 5.32 Å². The van der Waals surface area contributed by atoms with Crippen molar-refractivity contribution in [2.24, 2.45) is 11.8 Å². The van der Waals surface area contributed by atoms with Gasteiger partial charge in [0, 0.05) is 23.6 Å². The van der Waals surface area contributed by atoms with Crippen molar-refractivity contribution in [3.63, 3.8) is 0 Å². The number of ether oxygens (including phenoxy) is 1. The van der Waals surface area contributed by atoms with Gasteiger partial charge in [0.15, 0.2) is 5.78 Å². The molecule has 1 heterocycles. The van der Waals surface area contributed by atoms with Crippen molar-refractivity contribution in [3.05, 3.63) is 113 Å². The fraction of sp³-hybridized carbons (Fsp3) is 0.258. The Kier molecular flexibility index (Phi) is 7.37. The SMILES string of the molecule is O=C(Oc1ccc(CC(F)(F)F)cc1)C1CCC2=C(C1)NC(=O)C(C(c1ccccc1)c1ccccc1)C2=O. The molecule has 0 spiro atoms. The summed E-state index contributed by atoms with van der Waals surface area (Å²) >= 11 is 0. The molecule has 0 fully saturated rings. The van der Waals surface area contributed by atoms with E-state index < -0.39 is 42.2 Å². The first-order valence-electron chi connectivity index (χ1n) is 12.7. The minimum atomic E-state index is -4.32. The molecule has 1 aliphatic carbocycles. The lowest BCUT2D eigenvalue weighted by molar-refractivity contribution is -0.140.